The van der Waals surface area contributed by atoms with Gasteiger partial charge in [0.1, 0.15) is 11.6 Å². The summed E-state index contributed by atoms with van der Waals surface area (Å²) in [6, 6.07) is 0. The Hall–Kier alpha value is -2.05. The van der Waals surface area contributed by atoms with Crippen LogP contribution >= 0.6 is 0 Å². The summed E-state index contributed by atoms with van der Waals surface area (Å²) in [6.45, 7) is 2.71. The Morgan fingerprint density at radius 2 is 2.21 bits per heavy atom. The first kappa shape index (κ1) is 13.4. The molecule has 1 aliphatic carbocycles. The lowest BCUT2D eigenvalue weighted by molar-refractivity contribution is -0.122. The van der Waals surface area contributed by atoms with Crippen molar-refractivity contribution in [1.29, 1.82) is 0 Å². The van der Waals surface area contributed by atoms with Gasteiger partial charge in [0.05, 0.1) is 7.11 Å². The van der Waals surface area contributed by atoms with E-state index in [0.29, 0.717) is 18.9 Å². The molecule has 1 aromatic rings. The average molecular weight is 266 g/mol. The minimum Gasteiger partial charge on any atom is -0.464 e. The number of amides is 1. The van der Waals surface area contributed by atoms with Gasteiger partial charge in [0.25, 0.3) is 0 Å². The molecule has 7 nitrogen and oxygen atoms in total. The topological polar surface area (TPSA) is 99.2 Å². The molecule has 104 valence electrons. The van der Waals surface area contributed by atoms with E-state index in [2.05, 4.69) is 15.0 Å². The number of methoxy groups -OCH3 is 1. The van der Waals surface area contributed by atoms with Gasteiger partial charge < -0.3 is 20.4 Å². The van der Waals surface area contributed by atoms with Crippen LogP contribution in [0.1, 0.15) is 29.2 Å². The number of esters is 1. The third kappa shape index (κ3) is 2.86. The van der Waals surface area contributed by atoms with E-state index in [9.17, 15) is 9.59 Å². The van der Waals surface area contributed by atoms with Crippen molar-refractivity contribution in [3.63, 3.8) is 0 Å². The largest absolute Gasteiger partial charge is 0.464 e. The predicted molar refractivity (Wildman–Crippen MR) is 68.4 cm³/mol. The summed E-state index contributed by atoms with van der Waals surface area (Å²) in [5, 5.41) is 2.84. The third-order valence-electron chi connectivity index (χ3n) is 3.16. The molecule has 7 heteroatoms. The quantitative estimate of drug-likeness (QED) is 0.736. The number of nitrogens with one attached hydrogen (secondary N) is 1. The number of nitrogens with two attached hydrogens (primary N) is 1. The third-order valence-corrected chi connectivity index (χ3v) is 3.16. The Balaban J connectivity index is 1.97. The predicted octanol–water partition coefficient (Wildman–Crippen LogP) is 0.0865. The fourth-order valence-electron chi connectivity index (χ4n) is 1.89. The molecule has 2 rings (SSSR count). The standard InChI is InChI=1S/C12H18N4O3/c1-7-15-9(12(18)19-2)10(13)16(7)6-5-14-11(17)8-3-4-8/h8H,3-6,13H2,1-2H3,(H,14,17). The van der Waals surface area contributed by atoms with Gasteiger partial charge in [-0.3, -0.25) is 4.79 Å². The molecule has 1 amide bonds. The van der Waals surface area contributed by atoms with Crippen molar-refractivity contribution in [2.45, 2.75) is 26.3 Å². The lowest BCUT2D eigenvalue weighted by Gasteiger charge is -2.08. The van der Waals surface area contributed by atoms with Crippen LogP contribution in [0.3, 0.4) is 0 Å². The molecular formula is C12H18N4O3. The molecule has 0 atom stereocenters. The first-order valence-electron chi connectivity index (χ1n) is 6.23. The van der Waals surface area contributed by atoms with E-state index in [1.54, 1.807) is 11.5 Å². The summed E-state index contributed by atoms with van der Waals surface area (Å²) in [7, 11) is 1.28. The van der Waals surface area contributed by atoms with Crippen LogP contribution < -0.4 is 11.1 Å². The fraction of sp³-hybridized carbons (Fsp3) is 0.583. The van der Waals surface area contributed by atoms with Gasteiger partial charge in [-0.25, -0.2) is 9.78 Å². The first-order valence-corrected chi connectivity index (χ1v) is 6.23. The van der Waals surface area contributed by atoms with Crippen molar-refractivity contribution in [3.05, 3.63) is 11.5 Å². The van der Waals surface area contributed by atoms with Crippen LogP contribution in [-0.2, 0) is 16.1 Å². The highest BCUT2D eigenvalue weighted by molar-refractivity contribution is 5.92. The van der Waals surface area contributed by atoms with Crippen LogP contribution in [0.5, 0.6) is 0 Å². The Morgan fingerprint density at radius 1 is 1.53 bits per heavy atom. The van der Waals surface area contributed by atoms with Crippen LogP contribution in [0.4, 0.5) is 5.82 Å². The minimum atomic E-state index is -0.554. The van der Waals surface area contributed by atoms with Crippen molar-refractivity contribution < 1.29 is 14.3 Å². The van der Waals surface area contributed by atoms with E-state index in [1.807, 2.05) is 0 Å². The molecule has 1 saturated carbocycles. The Kier molecular flexibility index (Phi) is 3.73. The average Bonchev–Trinajstić information content (AvgIpc) is 3.19. The zero-order valence-electron chi connectivity index (χ0n) is 11.1. The number of ether oxygens (including phenoxy) is 1. The van der Waals surface area contributed by atoms with E-state index >= 15 is 0 Å². The second-order valence-corrected chi connectivity index (χ2v) is 4.60. The number of aryl methyl sites for hydroxylation is 1. The van der Waals surface area contributed by atoms with Gasteiger partial charge in [0, 0.05) is 19.0 Å². The molecule has 1 fully saturated rings. The van der Waals surface area contributed by atoms with Crippen molar-refractivity contribution >= 4 is 17.7 Å². The molecule has 0 aliphatic heterocycles. The minimum absolute atomic E-state index is 0.0875. The highest BCUT2D eigenvalue weighted by Crippen LogP contribution is 2.28. The number of hydrogen-bond donors (Lipinski definition) is 2. The van der Waals surface area contributed by atoms with E-state index in [0.717, 1.165) is 12.8 Å². The zero-order valence-corrected chi connectivity index (χ0v) is 11.1. The van der Waals surface area contributed by atoms with E-state index in [1.165, 1.54) is 7.11 Å². The normalized spacial score (nSPS) is 14.2. The summed E-state index contributed by atoms with van der Waals surface area (Å²) in [5.74, 6) is 0.612. The molecule has 0 radical (unpaired) electrons. The van der Waals surface area contributed by atoms with Crippen molar-refractivity contribution in [3.8, 4) is 0 Å². The molecule has 1 aliphatic rings. The van der Waals surface area contributed by atoms with Gasteiger partial charge in [-0.05, 0) is 19.8 Å². The maximum Gasteiger partial charge on any atom is 0.360 e. The highest BCUT2D eigenvalue weighted by atomic mass is 16.5. The Labute approximate surface area is 111 Å². The van der Waals surface area contributed by atoms with Crippen molar-refractivity contribution in [2.24, 2.45) is 5.92 Å². The second-order valence-electron chi connectivity index (χ2n) is 4.60. The van der Waals surface area contributed by atoms with Crippen molar-refractivity contribution in [2.75, 3.05) is 19.4 Å². The SMILES string of the molecule is COC(=O)c1nc(C)n(CCNC(=O)C2CC2)c1N. The Bertz CT molecular complexity index is 505. The van der Waals surface area contributed by atoms with Crippen LogP contribution in [0.2, 0.25) is 0 Å². The summed E-state index contributed by atoms with van der Waals surface area (Å²) in [6.07, 6.45) is 1.95. The summed E-state index contributed by atoms with van der Waals surface area (Å²) < 4.78 is 6.30. The number of hydrogen-bond acceptors (Lipinski definition) is 5. The van der Waals surface area contributed by atoms with Crippen LogP contribution in [0.25, 0.3) is 0 Å². The molecule has 1 aromatic heterocycles. The van der Waals surface area contributed by atoms with E-state index in [-0.39, 0.29) is 23.3 Å². The van der Waals surface area contributed by atoms with E-state index < -0.39 is 5.97 Å². The number of nitrogens with zero attached hydrogens (tertiary/aromatic N) is 2. The van der Waals surface area contributed by atoms with Gasteiger partial charge in [-0.15, -0.1) is 0 Å². The number of carbonyl (C=O) groups is 2. The zero-order chi connectivity index (χ0) is 14.0. The van der Waals surface area contributed by atoms with Gasteiger partial charge in [-0.2, -0.15) is 0 Å². The lowest BCUT2D eigenvalue weighted by Crippen LogP contribution is -2.29. The molecule has 19 heavy (non-hydrogen) atoms. The van der Waals surface area contributed by atoms with Crippen molar-refractivity contribution in [1.82, 2.24) is 14.9 Å². The first-order chi connectivity index (χ1) is 9.04. The molecule has 3 N–H and O–H groups in total. The Morgan fingerprint density at radius 3 is 2.79 bits per heavy atom. The molecule has 0 bridgehead atoms. The molecule has 0 saturated heterocycles. The highest BCUT2D eigenvalue weighted by Gasteiger charge is 2.29. The molecule has 1 heterocycles. The van der Waals surface area contributed by atoms with E-state index in [4.69, 9.17) is 5.73 Å². The smallest absolute Gasteiger partial charge is 0.360 e. The summed E-state index contributed by atoms with van der Waals surface area (Å²) in [4.78, 5) is 27.0. The van der Waals surface area contributed by atoms with Gasteiger partial charge in [0.15, 0.2) is 5.69 Å². The van der Waals surface area contributed by atoms with Gasteiger partial charge >= 0.3 is 5.97 Å². The van der Waals surface area contributed by atoms with Gasteiger partial charge in [-0.1, -0.05) is 0 Å². The molecule has 0 unspecified atom stereocenters. The van der Waals surface area contributed by atoms with Crippen LogP contribution in [0.15, 0.2) is 0 Å². The monoisotopic (exact) mass is 266 g/mol. The summed E-state index contributed by atoms with van der Waals surface area (Å²) in [5.41, 5.74) is 5.98. The number of imidazole rings is 1. The number of rotatable bonds is 5. The molecule has 0 spiro atoms. The van der Waals surface area contributed by atoms with Crippen LogP contribution in [0, 0.1) is 12.8 Å². The number of anilines is 1. The number of aromatic nitrogens is 2. The van der Waals surface area contributed by atoms with Crippen LogP contribution in [-0.4, -0.2) is 35.1 Å². The molecular weight excluding hydrogens is 248 g/mol. The lowest BCUT2D eigenvalue weighted by atomic mass is 10.4. The number of carbonyl (C=O) groups excluding carboxylic acids is 2. The number of nitrogen functional groups attached to an aromatic ring is 1. The van der Waals surface area contributed by atoms with Gasteiger partial charge in [0.2, 0.25) is 5.91 Å². The molecule has 0 aromatic carbocycles. The summed E-state index contributed by atoms with van der Waals surface area (Å²) >= 11 is 0. The maximum atomic E-state index is 11.5. The second kappa shape index (κ2) is 5.29. The maximum absolute atomic E-state index is 11.5. The fourth-order valence-corrected chi connectivity index (χ4v) is 1.89.